The molecule has 2 aromatic carbocycles. The van der Waals surface area contributed by atoms with Gasteiger partial charge < -0.3 is 4.98 Å². The molecule has 26 heavy (non-hydrogen) atoms. The number of aromatic nitrogens is 3. The van der Waals surface area contributed by atoms with E-state index < -0.39 is 0 Å². The van der Waals surface area contributed by atoms with Crippen LogP contribution in [0.15, 0.2) is 83.9 Å². The Labute approximate surface area is 149 Å². The van der Waals surface area contributed by atoms with E-state index in [4.69, 9.17) is 4.98 Å². The molecule has 5 heteroatoms. The maximum atomic E-state index is 13.3. The summed E-state index contributed by atoms with van der Waals surface area (Å²) in [6, 6.07) is 18.8. The lowest BCUT2D eigenvalue weighted by Crippen LogP contribution is -2.14. The summed E-state index contributed by atoms with van der Waals surface area (Å²) in [6.45, 7) is 0. The molecule has 0 unspecified atom stereocenters. The van der Waals surface area contributed by atoms with Crippen LogP contribution in [-0.4, -0.2) is 15.0 Å². The fourth-order valence-corrected chi connectivity index (χ4v) is 2.81. The third kappa shape index (κ3) is 3.02. The van der Waals surface area contributed by atoms with Crippen LogP contribution in [0.1, 0.15) is 0 Å². The Morgan fingerprint density at radius 3 is 2.15 bits per heavy atom. The average Bonchev–Trinajstić information content (AvgIpc) is 2.70. The lowest BCUT2D eigenvalue weighted by atomic mass is 10.0. The molecule has 4 nitrogen and oxygen atoms in total. The van der Waals surface area contributed by atoms with Crippen LogP contribution in [0.2, 0.25) is 0 Å². The van der Waals surface area contributed by atoms with Gasteiger partial charge in [-0.3, -0.25) is 9.78 Å². The van der Waals surface area contributed by atoms with Crippen LogP contribution >= 0.6 is 0 Å². The molecule has 0 amide bonds. The summed E-state index contributed by atoms with van der Waals surface area (Å²) in [5.41, 5.74) is 2.83. The summed E-state index contributed by atoms with van der Waals surface area (Å²) in [5.74, 6) is 0.123. The Morgan fingerprint density at radius 1 is 0.769 bits per heavy atom. The van der Waals surface area contributed by atoms with Gasteiger partial charge in [0.15, 0.2) is 0 Å². The van der Waals surface area contributed by atoms with Crippen molar-refractivity contribution in [3.63, 3.8) is 0 Å². The van der Waals surface area contributed by atoms with Crippen molar-refractivity contribution in [3.05, 3.63) is 95.3 Å². The Hall–Kier alpha value is -3.60. The molecule has 0 bridgehead atoms. The molecule has 0 fully saturated rings. The van der Waals surface area contributed by atoms with Gasteiger partial charge in [0.1, 0.15) is 11.6 Å². The molecule has 0 aliphatic heterocycles. The van der Waals surface area contributed by atoms with Crippen LogP contribution in [0.3, 0.4) is 0 Å². The van der Waals surface area contributed by atoms with Gasteiger partial charge in [0, 0.05) is 23.5 Å². The van der Waals surface area contributed by atoms with Gasteiger partial charge in [-0.1, -0.05) is 42.5 Å². The zero-order valence-electron chi connectivity index (χ0n) is 13.7. The van der Waals surface area contributed by atoms with E-state index in [0.717, 1.165) is 11.1 Å². The quantitative estimate of drug-likeness (QED) is 0.603. The minimum atomic E-state index is -0.357. The van der Waals surface area contributed by atoms with Crippen LogP contribution in [0.4, 0.5) is 4.39 Å². The molecule has 1 N–H and O–H groups in total. The number of aromatic amines is 1. The molecular weight excluding hydrogens is 329 g/mol. The van der Waals surface area contributed by atoms with Crippen molar-refractivity contribution in [1.82, 2.24) is 15.0 Å². The van der Waals surface area contributed by atoms with E-state index in [2.05, 4.69) is 9.97 Å². The van der Waals surface area contributed by atoms with Crippen molar-refractivity contribution in [3.8, 4) is 33.8 Å². The number of hydrogen-bond acceptors (Lipinski definition) is 3. The van der Waals surface area contributed by atoms with Crippen LogP contribution in [0, 0.1) is 5.82 Å². The molecule has 4 aromatic rings. The van der Waals surface area contributed by atoms with Gasteiger partial charge in [0.2, 0.25) is 0 Å². The maximum absolute atomic E-state index is 13.3. The van der Waals surface area contributed by atoms with Gasteiger partial charge in [0.25, 0.3) is 5.56 Å². The van der Waals surface area contributed by atoms with Gasteiger partial charge in [-0.15, -0.1) is 0 Å². The molecule has 0 saturated heterocycles. The van der Waals surface area contributed by atoms with Crippen molar-refractivity contribution in [1.29, 1.82) is 0 Å². The normalized spacial score (nSPS) is 10.7. The average molecular weight is 343 g/mol. The van der Waals surface area contributed by atoms with Crippen molar-refractivity contribution >= 4 is 0 Å². The fraction of sp³-hybridized carbons (Fsp3) is 0. The van der Waals surface area contributed by atoms with Gasteiger partial charge in [-0.05, 0) is 29.8 Å². The highest BCUT2D eigenvalue weighted by molar-refractivity contribution is 5.81. The van der Waals surface area contributed by atoms with Crippen LogP contribution in [0.5, 0.6) is 0 Å². The first kappa shape index (κ1) is 15.9. The van der Waals surface area contributed by atoms with Gasteiger partial charge in [-0.2, -0.15) is 0 Å². The first-order chi connectivity index (χ1) is 12.7. The number of hydrogen-bond donors (Lipinski definition) is 1. The number of rotatable bonds is 3. The SMILES string of the molecule is O=c1[nH]c(-c2ccccc2)nc(-c2ccncc2)c1-c1ccc(F)cc1. The molecule has 0 spiro atoms. The summed E-state index contributed by atoms with van der Waals surface area (Å²) in [6.07, 6.45) is 3.30. The molecule has 0 aliphatic carbocycles. The van der Waals surface area contributed by atoms with E-state index >= 15 is 0 Å². The summed E-state index contributed by atoms with van der Waals surface area (Å²) >= 11 is 0. The molecule has 0 aliphatic rings. The third-order valence-corrected chi connectivity index (χ3v) is 4.05. The van der Waals surface area contributed by atoms with Crippen molar-refractivity contribution < 1.29 is 4.39 Å². The lowest BCUT2D eigenvalue weighted by molar-refractivity contribution is 0.628. The smallest absolute Gasteiger partial charge is 0.259 e. The van der Waals surface area contributed by atoms with Crippen LogP contribution in [-0.2, 0) is 0 Å². The zero-order valence-corrected chi connectivity index (χ0v) is 13.7. The molecule has 4 rings (SSSR count). The first-order valence-electron chi connectivity index (χ1n) is 8.08. The van der Waals surface area contributed by atoms with Gasteiger partial charge >= 0.3 is 0 Å². The monoisotopic (exact) mass is 343 g/mol. The van der Waals surface area contributed by atoms with E-state index in [1.54, 1.807) is 36.7 Å². The number of benzene rings is 2. The van der Waals surface area contributed by atoms with Crippen molar-refractivity contribution in [2.24, 2.45) is 0 Å². The Balaban J connectivity index is 1.99. The Bertz CT molecular complexity index is 1090. The second-order valence-electron chi connectivity index (χ2n) is 5.75. The Kier molecular flexibility index (Phi) is 4.11. The number of nitrogens with zero attached hydrogens (tertiary/aromatic N) is 2. The molecular formula is C21H14FN3O. The molecule has 0 radical (unpaired) electrons. The van der Waals surface area contributed by atoms with E-state index in [1.165, 1.54) is 12.1 Å². The highest BCUT2D eigenvalue weighted by Crippen LogP contribution is 2.29. The fourth-order valence-electron chi connectivity index (χ4n) is 2.81. The second kappa shape index (κ2) is 6.72. The minimum Gasteiger partial charge on any atom is -0.306 e. The molecule has 126 valence electrons. The highest BCUT2D eigenvalue weighted by atomic mass is 19.1. The molecule has 2 heterocycles. The predicted octanol–water partition coefficient (Wildman–Crippen LogP) is 4.31. The lowest BCUT2D eigenvalue weighted by Gasteiger charge is -2.11. The Morgan fingerprint density at radius 2 is 1.46 bits per heavy atom. The van der Waals surface area contributed by atoms with Crippen molar-refractivity contribution in [2.45, 2.75) is 0 Å². The predicted molar refractivity (Wildman–Crippen MR) is 98.9 cm³/mol. The van der Waals surface area contributed by atoms with E-state index in [0.29, 0.717) is 22.6 Å². The zero-order chi connectivity index (χ0) is 17.9. The maximum Gasteiger partial charge on any atom is 0.259 e. The van der Waals surface area contributed by atoms with Crippen molar-refractivity contribution in [2.75, 3.05) is 0 Å². The van der Waals surface area contributed by atoms with E-state index in [-0.39, 0.29) is 11.4 Å². The molecule has 0 saturated carbocycles. The number of halogens is 1. The molecule has 2 aromatic heterocycles. The standard InChI is InChI=1S/C21H14FN3O/c22-17-8-6-14(7-9-17)18-19(15-10-12-23-13-11-15)24-20(25-21(18)26)16-4-2-1-3-5-16/h1-13H,(H,24,25,26). The topological polar surface area (TPSA) is 58.6 Å². The summed E-state index contributed by atoms with van der Waals surface area (Å²) in [7, 11) is 0. The minimum absolute atomic E-state index is 0.280. The summed E-state index contributed by atoms with van der Waals surface area (Å²) < 4.78 is 13.3. The third-order valence-electron chi connectivity index (χ3n) is 4.05. The molecule has 0 atom stereocenters. The van der Waals surface area contributed by atoms with Crippen LogP contribution < -0.4 is 5.56 Å². The first-order valence-corrected chi connectivity index (χ1v) is 8.08. The van der Waals surface area contributed by atoms with E-state index in [9.17, 15) is 9.18 Å². The van der Waals surface area contributed by atoms with Crippen LogP contribution in [0.25, 0.3) is 33.8 Å². The van der Waals surface area contributed by atoms with E-state index in [1.807, 2.05) is 30.3 Å². The summed E-state index contributed by atoms with van der Waals surface area (Å²) in [5, 5.41) is 0. The second-order valence-corrected chi connectivity index (χ2v) is 5.75. The number of H-pyrrole nitrogens is 1. The highest BCUT2D eigenvalue weighted by Gasteiger charge is 2.16. The van der Waals surface area contributed by atoms with Gasteiger partial charge in [0.05, 0.1) is 11.3 Å². The number of pyridine rings is 1. The summed E-state index contributed by atoms with van der Waals surface area (Å²) in [4.78, 5) is 24.4. The number of nitrogens with one attached hydrogen (secondary N) is 1. The largest absolute Gasteiger partial charge is 0.306 e. The van der Waals surface area contributed by atoms with Gasteiger partial charge in [-0.25, -0.2) is 9.37 Å².